The normalized spacial score (nSPS) is 11.2. The molecule has 0 saturated heterocycles. The highest BCUT2D eigenvalue weighted by atomic mass is 15.0. The zero-order valence-electron chi connectivity index (χ0n) is 11.6. The average molecular weight is 242 g/mol. The second kappa shape index (κ2) is 7.55. The van der Waals surface area contributed by atoms with Crippen LogP contribution in [0, 0.1) is 17.8 Å². The summed E-state index contributed by atoms with van der Waals surface area (Å²) in [5, 5.41) is 0. The number of imidazole rings is 1. The monoisotopic (exact) mass is 242 g/mol. The summed E-state index contributed by atoms with van der Waals surface area (Å²) in [6, 6.07) is 0. The number of aromatic nitrogens is 2. The third kappa shape index (κ3) is 4.63. The van der Waals surface area contributed by atoms with Gasteiger partial charge in [0.1, 0.15) is 0 Å². The van der Waals surface area contributed by atoms with Gasteiger partial charge in [0, 0.05) is 30.8 Å². The first-order valence-corrected chi connectivity index (χ1v) is 6.46. The largest absolute Gasteiger partial charge is 0.330 e. The Labute approximate surface area is 110 Å². The number of hydrogen-bond acceptors (Lipinski definition) is 1. The lowest BCUT2D eigenvalue weighted by Crippen LogP contribution is -2.02. The van der Waals surface area contributed by atoms with Gasteiger partial charge in [-0.2, -0.15) is 0 Å². The molecule has 0 radical (unpaired) electrons. The van der Waals surface area contributed by atoms with Gasteiger partial charge in [0.05, 0.1) is 6.33 Å². The maximum Gasteiger partial charge on any atom is 0.0951 e. The van der Waals surface area contributed by atoms with Crippen molar-refractivity contribution in [1.82, 2.24) is 9.55 Å². The van der Waals surface area contributed by atoms with Gasteiger partial charge < -0.3 is 4.57 Å². The molecule has 0 bridgehead atoms. The molecule has 96 valence electrons. The summed E-state index contributed by atoms with van der Waals surface area (Å²) in [6.45, 7) is 11.0. The van der Waals surface area contributed by atoms with E-state index in [9.17, 15) is 0 Å². The molecule has 1 aromatic heterocycles. The Morgan fingerprint density at radius 2 is 2.33 bits per heavy atom. The summed E-state index contributed by atoms with van der Waals surface area (Å²) in [7, 11) is 0. The molecule has 0 fully saturated rings. The SMILES string of the molecule is C=C/C(=C\CC#CC(C)C)Cn1cncc1CC. The smallest absolute Gasteiger partial charge is 0.0951 e. The Kier molecular flexibility index (Phi) is 6.00. The average Bonchev–Trinajstić information content (AvgIpc) is 2.79. The van der Waals surface area contributed by atoms with Crippen LogP contribution in [0.2, 0.25) is 0 Å². The Balaban J connectivity index is 2.65. The molecule has 1 aromatic rings. The number of nitrogens with zero attached hydrogens (tertiary/aromatic N) is 2. The van der Waals surface area contributed by atoms with Crippen molar-refractivity contribution in [3.63, 3.8) is 0 Å². The van der Waals surface area contributed by atoms with Crippen LogP contribution in [0.5, 0.6) is 0 Å². The summed E-state index contributed by atoms with van der Waals surface area (Å²) < 4.78 is 2.16. The molecular weight excluding hydrogens is 220 g/mol. The molecule has 0 aromatic carbocycles. The second-order valence-corrected chi connectivity index (χ2v) is 4.53. The number of rotatable bonds is 5. The minimum absolute atomic E-state index is 0.436. The van der Waals surface area contributed by atoms with E-state index >= 15 is 0 Å². The first kappa shape index (κ1) is 14.3. The van der Waals surface area contributed by atoms with Crippen LogP contribution in [0.15, 0.2) is 36.8 Å². The van der Waals surface area contributed by atoms with Crippen LogP contribution in [-0.4, -0.2) is 9.55 Å². The van der Waals surface area contributed by atoms with Crippen LogP contribution in [0.1, 0.15) is 32.9 Å². The van der Waals surface area contributed by atoms with E-state index in [0.717, 1.165) is 19.4 Å². The topological polar surface area (TPSA) is 17.8 Å². The highest BCUT2D eigenvalue weighted by Crippen LogP contribution is 2.07. The van der Waals surface area contributed by atoms with Crippen LogP contribution >= 0.6 is 0 Å². The van der Waals surface area contributed by atoms with Gasteiger partial charge in [0.25, 0.3) is 0 Å². The summed E-state index contributed by atoms with van der Waals surface area (Å²) in [4.78, 5) is 4.17. The molecule has 0 N–H and O–H groups in total. The number of hydrogen-bond donors (Lipinski definition) is 0. The van der Waals surface area contributed by atoms with Crippen LogP contribution in [-0.2, 0) is 13.0 Å². The van der Waals surface area contributed by atoms with Crippen molar-refractivity contribution in [2.45, 2.75) is 40.2 Å². The Hall–Kier alpha value is -1.75. The van der Waals surface area contributed by atoms with Crippen molar-refractivity contribution in [3.8, 4) is 11.8 Å². The molecule has 18 heavy (non-hydrogen) atoms. The molecule has 0 amide bonds. The van der Waals surface area contributed by atoms with E-state index in [1.165, 1.54) is 11.3 Å². The highest BCUT2D eigenvalue weighted by Gasteiger charge is 2.00. The van der Waals surface area contributed by atoms with Gasteiger partial charge >= 0.3 is 0 Å². The van der Waals surface area contributed by atoms with Gasteiger partial charge in [-0.25, -0.2) is 4.98 Å². The third-order valence-electron chi connectivity index (χ3n) is 2.63. The van der Waals surface area contributed by atoms with Crippen molar-refractivity contribution in [1.29, 1.82) is 0 Å². The maximum atomic E-state index is 4.17. The summed E-state index contributed by atoms with van der Waals surface area (Å²) in [5.74, 6) is 6.75. The Morgan fingerprint density at radius 3 is 2.94 bits per heavy atom. The minimum Gasteiger partial charge on any atom is -0.330 e. The van der Waals surface area contributed by atoms with E-state index in [2.05, 4.69) is 54.8 Å². The molecule has 1 heterocycles. The lowest BCUT2D eigenvalue weighted by Gasteiger charge is -2.06. The summed E-state index contributed by atoms with van der Waals surface area (Å²) in [5.41, 5.74) is 2.44. The van der Waals surface area contributed by atoms with Crippen molar-refractivity contribution in [2.24, 2.45) is 5.92 Å². The second-order valence-electron chi connectivity index (χ2n) is 4.53. The highest BCUT2D eigenvalue weighted by molar-refractivity contribution is 5.20. The lowest BCUT2D eigenvalue weighted by atomic mass is 10.2. The van der Waals surface area contributed by atoms with E-state index in [0.29, 0.717) is 5.92 Å². The van der Waals surface area contributed by atoms with Crippen molar-refractivity contribution < 1.29 is 0 Å². The molecule has 0 aliphatic carbocycles. The van der Waals surface area contributed by atoms with Crippen LogP contribution in [0.4, 0.5) is 0 Å². The van der Waals surface area contributed by atoms with Gasteiger partial charge in [-0.3, -0.25) is 0 Å². The van der Waals surface area contributed by atoms with E-state index in [4.69, 9.17) is 0 Å². The zero-order chi connectivity index (χ0) is 13.4. The standard InChI is InChI=1S/C16H22N2/c1-5-15(10-8-7-9-14(3)4)12-18-13-17-11-16(18)6-2/h5,10-11,13-14H,1,6,8,12H2,2-4H3/b15-10+. The number of allylic oxidation sites excluding steroid dienone is 3. The predicted molar refractivity (Wildman–Crippen MR) is 77.1 cm³/mol. The maximum absolute atomic E-state index is 4.17. The van der Waals surface area contributed by atoms with Crippen LogP contribution in [0.25, 0.3) is 0 Å². The Morgan fingerprint density at radius 1 is 1.56 bits per heavy atom. The molecule has 2 nitrogen and oxygen atoms in total. The molecule has 1 rings (SSSR count). The van der Waals surface area contributed by atoms with Gasteiger partial charge in [0.15, 0.2) is 0 Å². The molecule has 0 aliphatic rings. The first-order chi connectivity index (χ1) is 8.67. The zero-order valence-corrected chi connectivity index (χ0v) is 11.6. The Bertz CT molecular complexity index is 467. The van der Waals surface area contributed by atoms with Crippen LogP contribution in [0.3, 0.4) is 0 Å². The van der Waals surface area contributed by atoms with Crippen molar-refractivity contribution >= 4 is 0 Å². The van der Waals surface area contributed by atoms with Crippen LogP contribution < -0.4 is 0 Å². The summed E-state index contributed by atoms with van der Waals surface area (Å²) >= 11 is 0. The van der Waals surface area contributed by atoms with Gasteiger partial charge in [-0.15, -0.1) is 5.92 Å². The molecule has 0 unspecified atom stereocenters. The fourth-order valence-corrected chi connectivity index (χ4v) is 1.64. The van der Waals surface area contributed by atoms with Gasteiger partial charge in [-0.1, -0.05) is 45.4 Å². The fourth-order valence-electron chi connectivity index (χ4n) is 1.64. The van der Waals surface area contributed by atoms with Crippen molar-refractivity contribution in [3.05, 3.63) is 42.5 Å². The first-order valence-electron chi connectivity index (χ1n) is 6.46. The van der Waals surface area contributed by atoms with E-state index in [1.807, 2.05) is 18.6 Å². The summed E-state index contributed by atoms with van der Waals surface area (Å²) in [6.07, 6.45) is 9.61. The van der Waals surface area contributed by atoms with E-state index in [-0.39, 0.29) is 0 Å². The van der Waals surface area contributed by atoms with Crippen molar-refractivity contribution in [2.75, 3.05) is 0 Å². The minimum atomic E-state index is 0.436. The predicted octanol–water partition coefficient (Wildman–Crippen LogP) is 3.61. The van der Waals surface area contributed by atoms with Gasteiger partial charge in [-0.05, 0) is 12.0 Å². The molecule has 0 atom stereocenters. The van der Waals surface area contributed by atoms with E-state index in [1.54, 1.807) is 0 Å². The molecule has 0 spiro atoms. The lowest BCUT2D eigenvalue weighted by molar-refractivity contribution is 0.744. The van der Waals surface area contributed by atoms with Gasteiger partial charge in [0.2, 0.25) is 0 Å². The quantitative estimate of drug-likeness (QED) is 0.570. The fraction of sp³-hybridized carbons (Fsp3) is 0.438. The third-order valence-corrected chi connectivity index (χ3v) is 2.63. The molecule has 0 aliphatic heterocycles. The molecule has 0 saturated carbocycles. The van der Waals surface area contributed by atoms with E-state index < -0.39 is 0 Å². The number of aryl methyl sites for hydroxylation is 1. The molecule has 2 heteroatoms. The molecular formula is C16H22N2.